The molecule has 0 aromatic rings. The van der Waals surface area contributed by atoms with E-state index < -0.39 is 0 Å². The van der Waals surface area contributed by atoms with E-state index in [0.717, 1.165) is 12.8 Å². The maximum Gasteiger partial charge on any atom is 0.312 e. The first-order valence-corrected chi connectivity index (χ1v) is 11.3. The van der Waals surface area contributed by atoms with Crippen LogP contribution < -0.4 is 0 Å². The van der Waals surface area contributed by atoms with Gasteiger partial charge in [-0.2, -0.15) is 0 Å². The Morgan fingerprint density at radius 2 is 1.03 bits per heavy atom. The summed E-state index contributed by atoms with van der Waals surface area (Å²) in [5.74, 6) is 0.915. The zero-order chi connectivity index (χ0) is 23.8. The van der Waals surface area contributed by atoms with Crippen molar-refractivity contribution >= 4 is 11.9 Å². The van der Waals surface area contributed by atoms with E-state index >= 15 is 0 Å². The first-order chi connectivity index (χ1) is 12.9. The molecule has 0 saturated heterocycles. The fourth-order valence-corrected chi connectivity index (χ4v) is 2.11. The summed E-state index contributed by atoms with van der Waals surface area (Å²) in [7, 11) is 0. The quantitative estimate of drug-likeness (QED) is 0.379. The van der Waals surface area contributed by atoms with Gasteiger partial charge in [-0.1, -0.05) is 55.4 Å². The van der Waals surface area contributed by atoms with Gasteiger partial charge in [0.05, 0.1) is 10.8 Å². The lowest BCUT2D eigenvalue weighted by molar-refractivity contribution is -0.171. The molecule has 0 amide bonds. The molecule has 0 aliphatic carbocycles. The normalized spacial score (nSPS) is 12.9. The van der Waals surface area contributed by atoms with Crippen molar-refractivity contribution < 1.29 is 19.1 Å². The number of hydrogen-bond acceptors (Lipinski definition) is 4. The van der Waals surface area contributed by atoms with Crippen molar-refractivity contribution in [2.45, 2.75) is 121 Å². The predicted molar refractivity (Wildman–Crippen MR) is 123 cm³/mol. The van der Waals surface area contributed by atoms with E-state index in [4.69, 9.17) is 9.47 Å². The highest BCUT2D eigenvalue weighted by atomic mass is 16.6. The molecule has 0 atom stereocenters. The molecular weight excluding hydrogens is 364 g/mol. The fourth-order valence-electron chi connectivity index (χ4n) is 2.11. The fraction of sp³-hybridized carbons (Fsp3) is 0.920. The van der Waals surface area contributed by atoms with Gasteiger partial charge in [-0.3, -0.25) is 9.59 Å². The number of ether oxygens (including phenoxy) is 2. The standard InChI is InChI=1S/C13H26O2.C12H24O2/c1-8-13(6,7)12(14)15-11(9(2)3)10(4)5;1-8-11(4,5)10(13)14-12(6,7)9(2)3/h9-11H,8H2,1-7H3;9H,8H2,1-7H3. The Bertz CT molecular complexity index is 491. The maximum absolute atomic E-state index is 11.9. The van der Waals surface area contributed by atoms with E-state index in [0.29, 0.717) is 17.8 Å². The van der Waals surface area contributed by atoms with E-state index in [1.54, 1.807) is 0 Å². The van der Waals surface area contributed by atoms with Gasteiger partial charge in [-0.25, -0.2) is 0 Å². The zero-order valence-electron chi connectivity index (χ0n) is 21.9. The van der Waals surface area contributed by atoms with Crippen LogP contribution in [0.3, 0.4) is 0 Å². The summed E-state index contributed by atoms with van der Waals surface area (Å²) in [4.78, 5) is 23.7. The van der Waals surface area contributed by atoms with E-state index in [1.165, 1.54) is 0 Å². The molecule has 29 heavy (non-hydrogen) atoms. The summed E-state index contributed by atoms with van der Waals surface area (Å²) in [6.45, 7) is 28.2. The molecule has 0 aliphatic heterocycles. The summed E-state index contributed by atoms with van der Waals surface area (Å²) in [5.41, 5.74) is -1.10. The second kappa shape index (κ2) is 12.0. The highest BCUT2D eigenvalue weighted by Crippen LogP contribution is 2.28. The van der Waals surface area contributed by atoms with Crippen molar-refractivity contribution in [3.8, 4) is 0 Å². The average molecular weight is 415 g/mol. The molecule has 0 saturated carbocycles. The van der Waals surface area contributed by atoms with Gasteiger partial charge >= 0.3 is 11.9 Å². The highest BCUT2D eigenvalue weighted by molar-refractivity contribution is 5.76. The van der Waals surface area contributed by atoms with Crippen LogP contribution in [-0.4, -0.2) is 23.6 Å². The molecule has 0 radical (unpaired) electrons. The second-order valence-corrected chi connectivity index (χ2v) is 11.0. The van der Waals surface area contributed by atoms with E-state index in [1.807, 2.05) is 55.4 Å². The van der Waals surface area contributed by atoms with Gasteiger partial charge in [-0.05, 0) is 72.1 Å². The van der Waals surface area contributed by atoms with Gasteiger partial charge in [0, 0.05) is 0 Å². The van der Waals surface area contributed by atoms with Gasteiger partial charge in [0.1, 0.15) is 11.7 Å². The van der Waals surface area contributed by atoms with E-state index in [-0.39, 0.29) is 34.5 Å². The first-order valence-electron chi connectivity index (χ1n) is 11.3. The maximum atomic E-state index is 11.9. The van der Waals surface area contributed by atoms with Crippen LogP contribution >= 0.6 is 0 Å². The lowest BCUT2D eigenvalue weighted by Crippen LogP contribution is -2.38. The van der Waals surface area contributed by atoms with Gasteiger partial charge in [0.15, 0.2) is 0 Å². The molecular formula is C25H50O4. The summed E-state index contributed by atoms with van der Waals surface area (Å²) < 4.78 is 11.1. The minimum Gasteiger partial charge on any atom is -0.461 e. The third kappa shape index (κ3) is 10.5. The summed E-state index contributed by atoms with van der Waals surface area (Å²) in [6.07, 6.45) is 1.65. The van der Waals surface area contributed by atoms with Crippen LogP contribution in [0.25, 0.3) is 0 Å². The lowest BCUT2D eigenvalue weighted by atomic mass is 9.89. The van der Waals surface area contributed by atoms with Crippen LogP contribution in [0.15, 0.2) is 0 Å². The molecule has 0 aromatic carbocycles. The van der Waals surface area contributed by atoms with Gasteiger partial charge in [0.2, 0.25) is 0 Å². The predicted octanol–water partition coefficient (Wildman–Crippen LogP) is 7.05. The molecule has 0 heterocycles. The van der Waals surface area contributed by atoms with Crippen LogP contribution in [0.4, 0.5) is 0 Å². The van der Waals surface area contributed by atoms with Crippen molar-refractivity contribution in [1.29, 1.82) is 0 Å². The highest BCUT2D eigenvalue weighted by Gasteiger charge is 2.34. The van der Waals surface area contributed by atoms with Crippen molar-refractivity contribution in [2.24, 2.45) is 28.6 Å². The number of hydrogen-bond donors (Lipinski definition) is 0. The lowest BCUT2D eigenvalue weighted by Gasteiger charge is -2.33. The topological polar surface area (TPSA) is 52.6 Å². The van der Waals surface area contributed by atoms with E-state index in [2.05, 4.69) is 41.5 Å². The molecule has 0 aromatic heterocycles. The van der Waals surface area contributed by atoms with Crippen molar-refractivity contribution in [1.82, 2.24) is 0 Å². The number of carbonyl (C=O) groups excluding carboxylic acids is 2. The largest absolute Gasteiger partial charge is 0.461 e. The molecule has 0 N–H and O–H groups in total. The van der Waals surface area contributed by atoms with Crippen molar-refractivity contribution in [3.05, 3.63) is 0 Å². The van der Waals surface area contributed by atoms with Crippen LogP contribution in [0.5, 0.6) is 0 Å². The van der Waals surface area contributed by atoms with Crippen LogP contribution in [0.1, 0.15) is 110 Å². The minimum atomic E-state index is -0.372. The molecule has 0 fully saturated rings. The number of carbonyl (C=O) groups is 2. The first kappa shape index (κ1) is 30.1. The Morgan fingerprint density at radius 1 is 0.690 bits per heavy atom. The Hall–Kier alpha value is -1.06. The molecule has 4 nitrogen and oxygen atoms in total. The van der Waals surface area contributed by atoms with Crippen molar-refractivity contribution in [3.63, 3.8) is 0 Å². The van der Waals surface area contributed by atoms with E-state index in [9.17, 15) is 9.59 Å². The Morgan fingerprint density at radius 3 is 1.31 bits per heavy atom. The number of rotatable bonds is 9. The molecule has 0 rings (SSSR count). The van der Waals surface area contributed by atoms with Crippen LogP contribution in [0, 0.1) is 28.6 Å². The average Bonchev–Trinajstić information content (AvgIpc) is 2.58. The molecule has 0 aliphatic rings. The van der Waals surface area contributed by atoms with Gasteiger partial charge in [-0.15, -0.1) is 0 Å². The van der Waals surface area contributed by atoms with Crippen LogP contribution in [0.2, 0.25) is 0 Å². The molecule has 0 spiro atoms. The Labute approximate surface area is 181 Å². The SMILES string of the molecule is CCC(C)(C)C(=O)OC(C(C)C)C(C)C.CCC(C)(C)C(=O)OC(C)(C)C(C)C. The summed E-state index contributed by atoms with van der Waals surface area (Å²) in [5, 5.41) is 0. The third-order valence-corrected chi connectivity index (χ3v) is 6.18. The molecule has 4 heteroatoms. The minimum absolute atomic E-state index is 0.0309. The molecule has 174 valence electrons. The zero-order valence-corrected chi connectivity index (χ0v) is 21.9. The Kier molecular flexibility index (Phi) is 12.4. The monoisotopic (exact) mass is 414 g/mol. The van der Waals surface area contributed by atoms with Crippen LogP contribution in [-0.2, 0) is 19.1 Å². The number of esters is 2. The molecule has 0 unspecified atom stereocenters. The summed E-state index contributed by atoms with van der Waals surface area (Å²) >= 11 is 0. The smallest absolute Gasteiger partial charge is 0.312 e. The van der Waals surface area contributed by atoms with Gasteiger partial charge in [0.25, 0.3) is 0 Å². The molecule has 0 bridgehead atoms. The second-order valence-electron chi connectivity index (χ2n) is 11.0. The Balaban J connectivity index is 0. The third-order valence-electron chi connectivity index (χ3n) is 6.18. The van der Waals surface area contributed by atoms with Gasteiger partial charge < -0.3 is 9.47 Å². The summed E-state index contributed by atoms with van der Waals surface area (Å²) in [6, 6.07) is 0. The van der Waals surface area contributed by atoms with Crippen molar-refractivity contribution in [2.75, 3.05) is 0 Å².